The molecule has 0 bridgehead atoms. The van der Waals surface area contributed by atoms with Crippen LogP contribution in [0.1, 0.15) is 96.8 Å². The first-order valence-corrected chi connectivity index (χ1v) is 9.87. The summed E-state index contributed by atoms with van der Waals surface area (Å²) < 4.78 is 0. The van der Waals surface area contributed by atoms with E-state index in [0.717, 1.165) is 19.1 Å². The molecule has 0 aromatic heterocycles. The standard InChI is InChI=1S/C19H40N2/c1-2-3-4-5-6-7-8-9-10-11-12-13-14-15-19-18-20-16-17-21-19/h19-21H,2-18H2,1H3. The molecule has 0 radical (unpaired) electrons. The van der Waals surface area contributed by atoms with Gasteiger partial charge in [-0.2, -0.15) is 0 Å². The first-order chi connectivity index (χ1) is 10.4. The predicted octanol–water partition coefficient (Wildman–Crippen LogP) is 5.03. The van der Waals surface area contributed by atoms with Crippen molar-refractivity contribution in [1.29, 1.82) is 0 Å². The van der Waals surface area contributed by atoms with Crippen molar-refractivity contribution in [2.75, 3.05) is 19.6 Å². The molecule has 2 nitrogen and oxygen atoms in total. The summed E-state index contributed by atoms with van der Waals surface area (Å²) in [6.07, 6.45) is 20.2. The fraction of sp³-hybridized carbons (Fsp3) is 1.00. The van der Waals surface area contributed by atoms with Gasteiger partial charge in [-0.05, 0) is 6.42 Å². The van der Waals surface area contributed by atoms with Gasteiger partial charge >= 0.3 is 0 Å². The number of nitrogens with one attached hydrogen (secondary N) is 2. The van der Waals surface area contributed by atoms with Gasteiger partial charge in [0, 0.05) is 25.7 Å². The van der Waals surface area contributed by atoms with Crippen molar-refractivity contribution in [2.45, 2.75) is 103 Å². The van der Waals surface area contributed by atoms with Crippen molar-refractivity contribution in [3.8, 4) is 0 Å². The molecule has 126 valence electrons. The zero-order valence-corrected chi connectivity index (χ0v) is 14.6. The Balaban J connectivity index is 1.69. The van der Waals surface area contributed by atoms with Crippen LogP contribution in [0, 0.1) is 0 Å². The van der Waals surface area contributed by atoms with Gasteiger partial charge < -0.3 is 10.6 Å². The van der Waals surface area contributed by atoms with Crippen LogP contribution in [-0.4, -0.2) is 25.7 Å². The Labute approximate surface area is 133 Å². The van der Waals surface area contributed by atoms with E-state index in [0.29, 0.717) is 0 Å². The van der Waals surface area contributed by atoms with Gasteiger partial charge in [0.15, 0.2) is 0 Å². The van der Waals surface area contributed by atoms with Crippen molar-refractivity contribution in [2.24, 2.45) is 0 Å². The van der Waals surface area contributed by atoms with Crippen LogP contribution in [-0.2, 0) is 0 Å². The number of hydrogen-bond acceptors (Lipinski definition) is 2. The molecule has 1 rings (SSSR count). The van der Waals surface area contributed by atoms with Crippen molar-refractivity contribution in [1.82, 2.24) is 10.6 Å². The van der Waals surface area contributed by atoms with Crippen LogP contribution >= 0.6 is 0 Å². The summed E-state index contributed by atoms with van der Waals surface area (Å²) >= 11 is 0. The summed E-state index contributed by atoms with van der Waals surface area (Å²) in [5.74, 6) is 0. The normalized spacial score (nSPS) is 19.0. The highest BCUT2D eigenvalue weighted by molar-refractivity contribution is 4.74. The number of hydrogen-bond donors (Lipinski definition) is 2. The maximum atomic E-state index is 3.60. The van der Waals surface area contributed by atoms with E-state index in [2.05, 4.69) is 17.6 Å². The Morgan fingerprint density at radius 3 is 1.67 bits per heavy atom. The lowest BCUT2D eigenvalue weighted by molar-refractivity contribution is 0.386. The van der Waals surface area contributed by atoms with Gasteiger partial charge in [0.05, 0.1) is 0 Å². The highest BCUT2D eigenvalue weighted by Gasteiger charge is 2.10. The lowest BCUT2D eigenvalue weighted by Crippen LogP contribution is -2.48. The average Bonchev–Trinajstić information content (AvgIpc) is 2.53. The number of piperazine rings is 1. The number of unbranched alkanes of at least 4 members (excludes halogenated alkanes) is 12. The topological polar surface area (TPSA) is 24.1 Å². The summed E-state index contributed by atoms with van der Waals surface area (Å²) in [4.78, 5) is 0. The molecule has 2 heteroatoms. The second kappa shape index (κ2) is 14.8. The molecule has 0 saturated carbocycles. The third-order valence-corrected chi connectivity index (χ3v) is 4.78. The summed E-state index contributed by atoms with van der Waals surface area (Å²) in [6.45, 7) is 5.78. The number of rotatable bonds is 14. The van der Waals surface area contributed by atoms with Crippen molar-refractivity contribution < 1.29 is 0 Å². The van der Waals surface area contributed by atoms with E-state index in [4.69, 9.17) is 0 Å². The van der Waals surface area contributed by atoms with Crippen molar-refractivity contribution in [3.63, 3.8) is 0 Å². The van der Waals surface area contributed by atoms with Crippen LogP contribution in [0.25, 0.3) is 0 Å². The minimum absolute atomic E-state index is 0.742. The highest BCUT2D eigenvalue weighted by Crippen LogP contribution is 2.13. The van der Waals surface area contributed by atoms with Crippen LogP contribution in [0.15, 0.2) is 0 Å². The third-order valence-electron chi connectivity index (χ3n) is 4.78. The molecule has 1 aliphatic heterocycles. The van der Waals surface area contributed by atoms with E-state index >= 15 is 0 Å². The minimum Gasteiger partial charge on any atom is -0.314 e. The molecule has 0 aliphatic carbocycles. The van der Waals surface area contributed by atoms with Crippen molar-refractivity contribution in [3.05, 3.63) is 0 Å². The van der Waals surface area contributed by atoms with Crippen LogP contribution in [0.5, 0.6) is 0 Å². The second-order valence-corrected chi connectivity index (χ2v) is 6.89. The van der Waals surface area contributed by atoms with E-state index in [1.54, 1.807) is 0 Å². The maximum absolute atomic E-state index is 3.60. The SMILES string of the molecule is CCCCCCCCCCCCCCCC1CNCCN1. The summed E-state index contributed by atoms with van der Waals surface area (Å²) in [5, 5.41) is 7.07. The molecule has 0 aromatic rings. The monoisotopic (exact) mass is 296 g/mol. The first-order valence-electron chi connectivity index (χ1n) is 9.87. The van der Waals surface area contributed by atoms with Crippen molar-refractivity contribution >= 4 is 0 Å². The quantitative estimate of drug-likeness (QED) is 0.439. The molecule has 1 aliphatic rings. The zero-order valence-electron chi connectivity index (χ0n) is 14.6. The molecule has 0 aromatic carbocycles. The van der Waals surface area contributed by atoms with E-state index < -0.39 is 0 Å². The maximum Gasteiger partial charge on any atom is 0.0193 e. The van der Waals surface area contributed by atoms with E-state index in [1.165, 1.54) is 96.4 Å². The minimum atomic E-state index is 0.742. The van der Waals surface area contributed by atoms with E-state index in [9.17, 15) is 0 Å². The van der Waals surface area contributed by atoms with E-state index in [1.807, 2.05) is 0 Å². The van der Waals surface area contributed by atoms with Crippen LogP contribution < -0.4 is 10.6 Å². The molecular weight excluding hydrogens is 256 g/mol. The smallest absolute Gasteiger partial charge is 0.0193 e. The third kappa shape index (κ3) is 12.2. The molecule has 2 N–H and O–H groups in total. The Morgan fingerprint density at radius 2 is 1.19 bits per heavy atom. The molecule has 0 spiro atoms. The van der Waals surface area contributed by atoms with Gasteiger partial charge in [0.25, 0.3) is 0 Å². The van der Waals surface area contributed by atoms with Crippen LogP contribution in [0.4, 0.5) is 0 Å². The van der Waals surface area contributed by atoms with Gasteiger partial charge in [-0.15, -0.1) is 0 Å². The van der Waals surface area contributed by atoms with Crippen LogP contribution in [0.2, 0.25) is 0 Å². The Kier molecular flexibility index (Phi) is 13.4. The first kappa shape index (κ1) is 19.0. The average molecular weight is 297 g/mol. The lowest BCUT2D eigenvalue weighted by Gasteiger charge is -2.24. The predicted molar refractivity (Wildman–Crippen MR) is 95.0 cm³/mol. The lowest BCUT2D eigenvalue weighted by atomic mass is 10.0. The Hall–Kier alpha value is -0.0800. The molecule has 1 heterocycles. The Morgan fingerprint density at radius 1 is 0.667 bits per heavy atom. The molecule has 1 saturated heterocycles. The molecule has 1 unspecified atom stereocenters. The Bertz CT molecular complexity index is 200. The molecule has 1 fully saturated rings. The van der Waals surface area contributed by atoms with Gasteiger partial charge in [-0.3, -0.25) is 0 Å². The zero-order chi connectivity index (χ0) is 15.0. The summed E-state index contributed by atoms with van der Waals surface area (Å²) in [5.41, 5.74) is 0. The van der Waals surface area contributed by atoms with Gasteiger partial charge in [-0.25, -0.2) is 0 Å². The fourth-order valence-corrected chi connectivity index (χ4v) is 3.33. The van der Waals surface area contributed by atoms with Gasteiger partial charge in [-0.1, -0.05) is 90.4 Å². The largest absolute Gasteiger partial charge is 0.314 e. The highest BCUT2D eigenvalue weighted by atomic mass is 15.0. The fourth-order valence-electron chi connectivity index (χ4n) is 3.33. The van der Waals surface area contributed by atoms with Gasteiger partial charge in [0.1, 0.15) is 0 Å². The van der Waals surface area contributed by atoms with Gasteiger partial charge in [0.2, 0.25) is 0 Å². The summed E-state index contributed by atoms with van der Waals surface area (Å²) in [7, 11) is 0. The van der Waals surface area contributed by atoms with E-state index in [-0.39, 0.29) is 0 Å². The summed E-state index contributed by atoms with van der Waals surface area (Å²) in [6, 6.07) is 0.742. The molecule has 21 heavy (non-hydrogen) atoms. The molecule has 0 amide bonds. The second-order valence-electron chi connectivity index (χ2n) is 6.89. The molecular formula is C19H40N2. The molecule has 1 atom stereocenters. The van der Waals surface area contributed by atoms with Crippen LogP contribution in [0.3, 0.4) is 0 Å².